The molecule has 30 heavy (non-hydrogen) atoms. The van der Waals surface area contributed by atoms with Crippen LogP contribution in [0.2, 0.25) is 0 Å². The molecule has 5 rings (SSSR count). The third-order valence-electron chi connectivity index (χ3n) is 5.40. The van der Waals surface area contributed by atoms with Crippen LogP contribution in [0.4, 0.5) is 0 Å². The summed E-state index contributed by atoms with van der Waals surface area (Å²) in [5, 5.41) is 18.2. The Kier molecular flexibility index (Phi) is 5.01. The van der Waals surface area contributed by atoms with Gasteiger partial charge in [-0.3, -0.25) is 5.10 Å². The van der Waals surface area contributed by atoms with Gasteiger partial charge in [0.05, 0.1) is 17.3 Å². The van der Waals surface area contributed by atoms with Crippen LogP contribution in [-0.2, 0) is 6.42 Å². The number of hydrogen-bond acceptors (Lipinski definition) is 4. The van der Waals surface area contributed by atoms with Gasteiger partial charge < -0.3 is 9.40 Å². The van der Waals surface area contributed by atoms with Gasteiger partial charge in [-0.1, -0.05) is 18.6 Å². The Bertz CT molecular complexity index is 1300. The Hall–Kier alpha value is -3.12. The molecule has 0 bridgehead atoms. The summed E-state index contributed by atoms with van der Waals surface area (Å²) in [6, 6.07) is 12.5. The fraction of sp³-hybridized carbons (Fsp3) is 0.261. The number of nitrogens with one attached hydrogen (secondary N) is 2. The average Bonchev–Trinajstić information content (AvgIpc) is 3.50. The number of nitrogens with zero attached hydrogens (tertiary/aromatic N) is 3. The Labute approximate surface area is 178 Å². The maximum Gasteiger partial charge on any atom is 0.248 e. The van der Waals surface area contributed by atoms with Crippen molar-refractivity contribution in [1.29, 1.82) is 0 Å². The Morgan fingerprint density at radius 3 is 2.87 bits per heavy atom. The summed E-state index contributed by atoms with van der Waals surface area (Å²) in [5.74, 6) is 1.17. The third kappa shape index (κ3) is 3.59. The van der Waals surface area contributed by atoms with Gasteiger partial charge in [-0.25, -0.2) is 0 Å². The Balaban J connectivity index is 1.51. The van der Waals surface area contributed by atoms with Crippen LogP contribution in [0.25, 0.3) is 44.4 Å². The lowest BCUT2D eigenvalue weighted by Crippen LogP contribution is -1.92. The van der Waals surface area contributed by atoms with Crippen molar-refractivity contribution < 1.29 is 4.42 Å². The zero-order valence-electron chi connectivity index (χ0n) is 16.7. The van der Waals surface area contributed by atoms with Gasteiger partial charge in [-0.05, 0) is 55.2 Å². The van der Waals surface area contributed by atoms with E-state index in [0.29, 0.717) is 11.8 Å². The fourth-order valence-electron chi connectivity index (χ4n) is 3.89. The van der Waals surface area contributed by atoms with Crippen molar-refractivity contribution in [3.05, 3.63) is 54.7 Å². The van der Waals surface area contributed by atoms with Gasteiger partial charge in [0.1, 0.15) is 0 Å². The lowest BCUT2D eigenvalue weighted by atomic mass is 9.98. The monoisotopic (exact) mass is 419 g/mol. The van der Waals surface area contributed by atoms with Gasteiger partial charge in [-0.15, -0.1) is 21.8 Å². The highest BCUT2D eigenvalue weighted by Crippen LogP contribution is 2.35. The molecule has 6 nitrogen and oxygen atoms in total. The summed E-state index contributed by atoms with van der Waals surface area (Å²) in [6.07, 6.45) is 7.54. The van der Waals surface area contributed by atoms with E-state index in [4.69, 9.17) is 16.0 Å². The highest BCUT2D eigenvalue weighted by Gasteiger charge is 2.16. The van der Waals surface area contributed by atoms with Crippen LogP contribution < -0.4 is 0 Å². The Morgan fingerprint density at radius 2 is 1.97 bits per heavy atom. The predicted octanol–water partition coefficient (Wildman–Crippen LogP) is 6.10. The number of halogens is 1. The first-order valence-corrected chi connectivity index (χ1v) is 10.6. The van der Waals surface area contributed by atoms with Crippen LogP contribution in [0, 0.1) is 0 Å². The maximum atomic E-state index is 6.02. The summed E-state index contributed by atoms with van der Waals surface area (Å²) in [5.41, 5.74) is 5.14. The van der Waals surface area contributed by atoms with Gasteiger partial charge in [0, 0.05) is 34.3 Å². The smallest absolute Gasteiger partial charge is 0.248 e. The number of hydrogen-bond donors (Lipinski definition) is 2. The maximum absolute atomic E-state index is 6.02. The van der Waals surface area contributed by atoms with E-state index in [1.54, 1.807) is 6.20 Å². The van der Waals surface area contributed by atoms with Gasteiger partial charge in [0.2, 0.25) is 11.8 Å². The van der Waals surface area contributed by atoms with E-state index < -0.39 is 0 Å². The fourth-order valence-corrected chi connectivity index (χ4v) is 4.04. The molecule has 0 saturated heterocycles. The molecule has 0 aliphatic heterocycles. The standard InChI is InChI=1S/C23H22ClN5O/c1-14(24)5-2-3-8-22-28-29-23(30-22)18-11-15(12-21-19(18)13-26-27-21)16-6-4-7-20-17(16)9-10-25-20/h4,6-7,9-14,25H,2-3,5,8H2,1H3,(H,26,27). The number of alkyl halides is 1. The van der Waals surface area contributed by atoms with E-state index in [9.17, 15) is 0 Å². The van der Waals surface area contributed by atoms with E-state index in [-0.39, 0.29) is 5.38 Å². The molecule has 1 atom stereocenters. The minimum Gasteiger partial charge on any atom is -0.421 e. The molecular formula is C23H22ClN5O. The number of rotatable bonds is 7. The summed E-state index contributed by atoms with van der Waals surface area (Å²) >= 11 is 6.02. The van der Waals surface area contributed by atoms with E-state index in [1.165, 1.54) is 5.39 Å². The molecule has 0 fully saturated rings. The van der Waals surface area contributed by atoms with Crippen LogP contribution in [-0.4, -0.2) is 30.8 Å². The van der Waals surface area contributed by atoms with Gasteiger partial charge in [0.15, 0.2) is 0 Å². The third-order valence-corrected chi connectivity index (χ3v) is 5.62. The first kappa shape index (κ1) is 18.9. The van der Waals surface area contributed by atoms with E-state index in [2.05, 4.69) is 61.8 Å². The first-order valence-electron chi connectivity index (χ1n) is 10.2. The molecule has 2 N–H and O–H groups in total. The molecule has 1 unspecified atom stereocenters. The van der Waals surface area contributed by atoms with Crippen molar-refractivity contribution >= 4 is 33.4 Å². The SMILES string of the molecule is CC(Cl)CCCCc1nnc(-c2cc(-c3cccc4[nH]ccc34)cc3[nH]ncc23)o1. The second-order valence-electron chi connectivity index (χ2n) is 7.63. The largest absolute Gasteiger partial charge is 0.421 e. The van der Waals surface area contributed by atoms with Crippen LogP contribution in [0.1, 0.15) is 32.1 Å². The molecule has 0 aliphatic rings. The van der Waals surface area contributed by atoms with Gasteiger partial charge in [0.25, 0.3) is 0 Å². The second kappa shape index (κ2) is 7.95. The molecule has 3 aromatic heterocycles. The second-order valence-corrected chi connectivity index (χ2v) is 8.37. The number of benzene rings is 2. The van der Waals surface area contributed by atoms with Crippen molar-refractivity contribution in [3.8, 4) is 22.6 Å². The van der Waals surface area contributed by atoms with Crippen molar-refractivity contribution in [3.63, 3.8) is 0 Å². The van der Waals surface area contributed by atoms with Crippen molar-refractivity contribution in [2.24, 2.45) is 0 Å². The number of unbranched alkanes of at least 4 members (excludes halogenated alkanes) is 1. The molecule has 7 heteroatoms. The minimum atomic E-state index is 0.199. The normalized spacial score (nSPS) is 12.7. The highest BCUT2D eigenvalue weighted by molar-refractivity contribution is 6.20. The van der Waals surface area contributed by atoms with Crippen molar-refractivity contribution in [2.75, 3.05) is 0 Å². The Morgan fingerprint density at radius 1 is 1.03 bits per heavy atom. The molecule has 0 saturated carbocycles. The molecular weight excluding hydrogens is 398 g/mol. The first-order chi connectivity index (χ1) is 14.7. The summed E-state index contributed by atoms with van der Waals surface area (Å²) in [4.78, 5) is 3.27. The number of fused-ring (bicyclic) bond motifs is 2. The molecule has 5 aromatic rings. The van der Waals surface area contributed by atoms with Crippen LogP contribution >= 0.6 is 11.6 Å². The van der Waals surface area contributed by atoms with Crippen molar-refractivity contribution in [2.45, 2.75) is 38.0 Å². The number of aromatic amines is 2. The number of aryl methyl sites for hydroxylation is 1. The molecule has 0 spiro atoms. The van der Waals surface area contributed by atoms with Crippen LogP contribution in [0.3, 0.4) is 0 Å². The zero-order chi connectivity index (χ0) is 20.5. The van der Waals surface area contributed by atoms with Gasteiger partial charge >= 0.3 is 0 Å². The van der Waals surface area contributed by atoms with Gasteiger partial charge in [-0.2, -0.15) is 5.10 Å². The summed E-state index contributed by atoms with van der Waals surface area (Å²) in [6.45, 7) is 2.02. The van der Waals surface area contributed by atoms with Crippen LogP contribution in [0.15, 0.2) is 53.2 Å². The predicted molar refractivity (Wildman–Crippen MR) is 120 cm³/mol. The molecule has 3 heterocycles. The van der Waals surface area contributed by atoms with Crippen molar-refractivity contribution in [1.82, 2.24) is 25.4 Å². The van der Waals surface area contributed by atoms with E-state index in [1.807, 2.05) is 13.1 Å². The molecule has 0 amide bonds. The van der Waals surface area contributed by atoms with Crippen LogP contribution in [0.5, 0.6) is 0 Å². The quantitative estimate of drug-likeness (QED) is 0.246. The van der Waals surface area contributed by atoms with E-state index >= 15 is 0 Å². The number of H-pyrrole nitrogens is 2. The number of aromatic nitrogens is 5. The molecule has 152 valence electrons. The topological polar surface area (TPSA) is 83.4 Å². The van der Waals surface area contributed by atoms with E-state index in [0.717, 1.165) is 58.8 Å². The summed E-state index contributed by atoms with van der Waals surface area (Å²) in [7, 11) is 0. The molecule has 0 radical (unpaired) electrons. The lowest BCUT2D eigenvalue weighted by Gasteiger charge is -2.07. The molecule has 2 aromatic carbocycles. The zero-order valence-corrected chi connectivity index (χ0v) is 17.4. The summed E-state index contributed by atoms with van der Waals surface area (Å²) < 4.78 is 6.01. The minimum absolute atomic E-state index is 0.199. The average molecular weight is 420 g/mol. The lowest BCUT2D eigenvalue weighted by molar-refractivity contribution is 0.490. The highest BCUT2D eigenvalue weighted by atomic mass is 35.5. The molecule has 0 aliphatic carbocycles.